The molecular formula is C20H24N4O4. The molecule has 8 heteroatoms. The minimum absolute atomic E-state index is 0.219. The van der Waals surface area contributed by atoms with E-state index in [1.807, 2.05) is 23.0 Å². The summed E-state index contributed by atoms with van der Waals surface area (Å²) in [5.41, 5.74) is 1.59. The molecule has 2 aromatic heterocycles. The molecule has 1 amide bonds. The van der Waals surface area contributed by atoms with Crippen LogP contribution in [-0.4, -0.2) is 39.5 Å². The predicted octanol–water partition coefficient (Wildman–Crippen LogP) is 3.32. The number of aliphatic hydroxyl groups excluding tert-OH is 1. The molecular weight excluding hydrogens is 360 g/mol. The van der Waals surface area contributed by atoms with Crippen LogP contribution in [0.4, 0.5) is 5.69 Å². The Kier molecular flexibility index (Phi) is 5.04. The highest BCUT2D eigenvalue weighted by atomic mass is 16.5. The number of ether oxygens (including phenoxy) is 1. The maximum Gasteiger partial charge on any atom is 0.277 e. The standard InChI is InChI=1S/C20H24N4O4/c1-12-21-18(11-28-12)20(26)22-17-7-14-9-24(23-16(14)8-19(17)27-2)15-5-3-13(10-25)4-6-15/h7-9,11,13,15,25H,3-6,10H2,1-2H3,(H,22,26). The van der Waals surface area contributed by atoms with Crippen molar-refractivity contribution < 1.29 is 19.1 Å². The number of nitrogens with zero attached hydrogens (tertiary/aromatic N) is 3. The normalized spacial score (nSPS) is 19.7. The number of hydrogen-bond acceptors (Lipinski definition) is 6. The molecule has 8 nitrogen and oxygen atoms in total. The first kappa shape index (κ1) is 18.5. The van der Waals surface area contributed by atoms with Gasteiger partial charge in [-0.05, 0) is 37.7 Å². The molecule has 0 bridgehead atoms. The smallest absolute Gasteiger partial charge is 0.277 e. The van der Waals surface area contributed by atoms with Crippen LogP contribution in [0.1, 0.15) is 48.1 Å². The third-order valence-electron chi connectivity index (χ3n) is 5.39. The van der Waals surface area contributed by atoms with Crippen LogP contribution in [0.3, 0.4) is 0 Å². The zero-order valence-electron chi connectivity index (χ0n) is 16.0. The van der Waals surface area contributed by atoms with Gasteiger partial charge in [-0.1, -0.05) is 0 Å². The maximum atomic E-state index is 12.4. The van der Waals surface area contributed by atoms with Gasteiger partial charge in [0.05, 0.1) is 24.4 Å². The number of benzene rings is 1. The third-order valence-corrected chi connectivity index (χ3v) is 5.39. The van der Waals surface area contributed by atoms with Gasteiger partial charge >= 0.3 is 0 Å². The molecule has 0 atom stereocenters. The Morgan fingerprint density at radius 3 is 2.79 bits per heavy atom. The first-order chi connectivity index (χ1) is 13.6. The molecule has 0 spiro atoms. The van der Waals surface area contributed by atoms with Crippen molar-refractivity contribution in [2.24, 2.45) is 5.92 Å². The molecule has 28 heavy (non-hydrogen) atoms. The second-order valence-corrected chi connectivity index (χ2v) is 7.28. The van der Waals surface area contributed by atoms with Crippen LogP contribution in [-0.2, 0) is 0 Å². The molecule has 2 heterocycles. The SMILES string of the molecule is COc1cc2nn(C3CCC(CO)CC3)cc2cc1NC(=O)c1coc(C)n1. The average molecular weight is 384 g/mol. The lowest BCUT2D eigenvalue weighted by molar-refractivity contribution is 0.102. The fraction of sp³-hybridized carbons (Fsp3) is 0.450. The quantitative estimate of drug-likeness (QED) is 0.700. The Morgan fingerprint density at radius 1 is 1.36 bits per heavy atom. The molecule has 3 aromatic rings. The van der Waals surface area contributed by atoms with Gasteiger partial charge in [0.15, 0.2) is 11.6 Å². The lowest BCUT2D eigenvalue weighted by atomic mass is 9.87. The number of rotatable bonds is 5. The molecule has 148 valence electrons. The molecule has 2 N–H and O–H groups in total. The summed E-state index contributed by atoms with van der Waals surface area (Å²) in [4.78, 5) is 16.5. The van der Waals surface area contributed by atoms with Crippen LogP contribution in [0.15, 0.2) is 29.0 Å². The first-order valence-electron chi connectivity index (χ1n) is 9.48. The van der Waals surface area contributed by atoms with E-state index in [2.05, 4.69) is 10.3 Å². The molecule has 1 aromatic carbocycles. The van der Waals surface area contributed by atoms with Crippen LogP contribution in [0.25, 0.3) is 10.9 Å². The summed E-state index contributed by atoms with van der Waals surface area (Å²) < 4.78 is 12.6. The van der Waals surface area contributed by atoms with Gasteiger partial charge in [-0.25, -0.2) is 4.98 Å². The van der Waals surface area contributed by atoms with E-state index in [0.29, 0.717) is 29.3 Å². The van der Waals surface area contributed by atoms with E-state index >= 15 is 0 Å². The summed E-state index contributed by atoms with van der Waals surface area (Å²) in [6.45, 7) is 1.95. The van der Waals surface area contributed by atoms with Crippen LogP contribution in [0.5, 0.6) is 5.75 Å². The number of aryl methyl sites for hydroxylation is 1. The lowest BCUT2D eigenvalue weighted by Gasteiger charge is -2.27. The molecule has 0 radical (unpaired) electrons. The van der Waals surface area contributed by atoms with Crippen molar-refractivity contribution in [1.29, 1.82) is 0 Å². The molecule has 1 fully saturated rings. The number of fused-ring (bicyclic) bond motifs is 1. The number of aromatic nitrogens is 3. The summed E-state index contributed by atoms with van der Waals surface area (Å²) in [6.07, 6.45) is 7.38. The average Bonchev–Trinajstić information content (AvgIpc) is 3.33. The van der Waals surface area contributed by atoms with Crippen molar-refractivity contribution in [2.75, 3.05) is 19.0 Å². The van der Waals surface area contributed by atoms with E-state index in [0.717, 1.165) is 36.6 Å². The molecule has 1 aliphatic carbocycles. The number of carbonyl (C=O) groups is 1. The Morgan fingerprint density at radius 2 is 2.14 bits per heavy atom. The number of nitrogens with one attached hydrogen (secondary N) is 1. The Balaban J connectivity index is 1.58. The summed E-state index contributed by atoms with van der Waals surface area (Å²) in [5.74, 6) is 1.02. The van der Waals surface area contributed by atoms with Gasteiger partial charge in [0.25, 0.3) is 5.91 Å². The third kappa shape index (κ3) is 3.60. The highest BCUT2D eigenvalue weighted by molar-refractivity contribution is 6.04. The van der Waals surface area contributed by atoms with Crippen molar-refractivity contribution in [3.8, 4) is 5.75 Å². The second kappa shape index (κ2) is 7.63. The molecule has 0 saturated heterocycles. The highest BCUT2D eigenvalue weighted by Crippen LogP contribution is 2.34. The van der Waals surface area contributed by atoms with Gasteiger partial charge in [-0.2, -0.15) is 5.10 Å². The van der Waals surface area contributed by atoms with Gasteiger partial charge in [-0.3, -0.25) is 9.48 Å². The van der Waals surface area contributed by atoms with E-state index in [9.17, 15) is 9.90 Å². The van der Waals surface area contributed by atoms with E-state index in [1.165, 1.54) is 6.26 Å². The first-order valence-corrected chi connectivity index (χ1v) is 9.48. The van der Waals surface area contributed by atoms with Crippen LogP contribution < -0.4 is 10.1 Å². The lowest BCUT2D eigenvalue weighted by Crippen LogP contribution is -2.20. The second-order valence-electron chi connectivity index (χ2n) is 7.28. The predicted molar refractivity (Wildman–Crippen MR) is 104 cm³/mol. The summed E-state index contributed by atoms with van der Waals surface area (Å²) in [7, 11) is 1.56. The van der Waals surface area contributed by atoms with Gasteiger partial charge < -0.3 is 19.6 Å². The van der Waals surface area contributed by atoms with Crippen molar-refractivity contribution in [1.82, 2.24) is 14.8 Å². The molecule has 0 aliphatic heterocycles. The van der Waals surface area contributed by atoms with Gasteiger partial charge in [0, 0.05) is 31.2 Å². The number of anilines is 1. The Bertz CT molecular complexity index is 985. The van der Waals surface area contributed by atoms with Gasteiger partial charge in [-0.15, -0.1) is 0 Å². The van der Waals surface area contributed by atoms with Gasteiger partial charge in [0.1, 0.15) is 12.0 Å². The van der Waals surface area contributed by atoms with Crippen LogP contribution in [0.2, 0.25) is 0 Å². The van der Waals surface area contributed by atoms with Crippen LogP contribution in [0, 0.1) is 12.8 Å². The van der Waals surface area contributed by atoms with Crippen molar-refractivity contribution in [3.05, 3.63) is 36.2 Å². The molecule has 1 aliphatic rings. The minimum atomic E-state index is -0.357. The number of aliphatic hydroxyl groups is 1. The summed E-state index contributed by atoms with van der Waals surface area (Å²) in [6, 6.07) is 4.02. The molecule has 0 unspecified atom stereocenters. The topological polar surface area (TPSA) is 102 Å². The monoisotopic (exact) mass is 384 g/mol. The number of hydrogen-bond donors (Lipinski definition) is 2. The Labute approximate surface area is 162 Å². The van der Waals surface area contributed by atoms with Crippen molar-refractivity contribution in [3.63, 3.8) is 0 Å². The number of amides is 1. The zero-order chi connectivity index (χ0) is 19.7. The van der Waals surface area contributed by atoms with E-state index in [4.69, 9.17) is 14.3 Å². The molecule has 4 rings (SSSR count). The summed E-state index contributed by atoms with van der Waals surface area (Å²) >= 11 is 0. The minimum Gasteiger partial charge on any atom is -0.494 e. The fourth-order valence-electron chi connectivity index (χ4n) is 3.77. The maximum absolute atomic E-state index is 12.4. The van der Waals surface area contributed by atoms with E-state index in [-0.39, 0.29) is 18.2 Å². The summed E-state index contributed by atoms with van der Waals surface area (Å²) in [5, 5.41) is 17.8. The fourth-order valence-corrected chi connectivity index (χ4v) is 3.77. The Hall–Kier alpha value is -2.87. The largest absolute Gasteiger partial charge is 0.494 e. The van der Waals surface area contributed by atoms with Crippen molar-refractivity contribution in [2.45, 2.75) is 38.6 Å². The number of oxazole rings is 1. The number of carbonyl (C=O) groups excluding carboxylic acids is 1. The zero-order valence-corrected chi connectivity index (χ0v) is 16.0. The number of methoxy groups -OCH3 is 1. The van der Waals surface area contributed by atoms with Gasteiger partial charge in [0.2, 0.25) is 0 Å². The molecule has 1 saturated carbocycles. The van der Waals surface area contributed by atoms with Crippen LogP contribution >= 0.6 is 0 Å². The van der Waals surface area contributed by atoms with Crippen molar-refractivity contribution >= 4 is 22.5 Å². The van der Waals surface area contributed by atoms with E-state index in [1.54, 1.807) is 14.0 Å². The van der Waals surface area contributed by atoms with E-state index < -0.39 is 0 Å². The highest BCUT2D eigenvalue weighted by Gasteiger charge is 2.23.